The summed E-state index contributed by atoms with van der Waals surface area (Å²) in [6.07, 6.45) is 1.08. The monoisotopic (exact) mass is 415 g/mol. The van der Waals surface area contributed by atoms with E-state index in [0.717, 1.165) is 16.2 Å². The zero-order valence-electron chi connectivity index (χ0n) is 16.4. The summed E-state index contributed by atoms with van der Waals surface area (Å²) in [6, 6.07) is 15.0. The Kier molecular flexibility index (Phi) is 6.30. The first-order valence-corrected chi connectivity index (χ1v) is 11.9. The average molecular weight is 416 g/mol. The lowest BCUT2D eigenvalue weighted by molar-refractivity contribution is -0.116. The van der Waals surface area contributed by atoms with Gasteiger partial charge in [0.05, 0.1) is 4.90 Å². The van der Waals surface area contributed by atoms with Crippen LogP contribution in [0.25, 0.3) is 0 Å². The highest BCUT2D eigenvalue weighted by atomic mass is 32.2. The summed E-state index contributed by atoms with van der Waals surface area (Å²) in [4.78, 5) is 13.8. The highest BCUT2D eigenvalue weighted by molar-refractivity contribution is 7.99. The minimum Gasteiger partial charge on any atom is -0.332 e. The number of aryl methyl sites for hydroxylation is 2. The molecule has 2 aromatic rings. The molecule has 1 atom stereocenters. The SMILES string of the molecule is CCC1=C(CCSc2ccc(C)cc2)C(S(=O)(=O)c2ccc(C)cc2)NC1=O. The second-order valence-electron chi connectivity index (χ2n) is 6.98. The van der Waals surface area contributed by atoms with Crippen molar-refractivity contribution >= 4 is 27.5 Å². The Bertz CT molecular complexity index is 991. The fourth-order valence-corrected chi connectivity index (χ4v) is 5.88. The molecule has 1 heterocycles. The molecule has 2 aromatic carbocycles. The molecule has 28 heavy (non-hydrogen) atoms. The molecule has 0 aliphatic carbocycles. The molecule has 0 spiro atoms. The Morgan fingerprint density at radius 1 is 0.964 bits per heavy atom. The van der Waals surface area contributed by atoms with Crippen molar-refractivity contribution in [2.75, 3.05) is 5.75 Å². The maximum absolute atomic E-state index is 13.2. The number of carbonyl (C=O) groups excluding carboxylic acids is 1. The molecule has 1 amide bonds. The van der Waals surface area contributed by atoms with E-state index in [1.54, 1.807) is 36.0 Å². The summed E-state index contributed by atoms with van der Waals surface area (Å²) in [5, 5.41) is 1.73. The Labute approximate surface area is 171 Å². The van der Waals surface area contributed by atoms with Crippen LogP contribution >= 0.6 is 11.8 Å². The number of nitrogens with one attached hydrogen (secondary N) is 1. The van der Waals surface area contributed by atoms with E-state index in [9.17, 15) is 13.2 Å². The lowest BCUT2D eigenvalue weighted by Crippen LogP contribution is -2.36. The Hall–Kier alpha value is -2.05. The van der Waals surface area contributed by atoms with Crippen LogP contribution in [0, 0.1) is 13.8 Å². The quantitative estimate of drug-likeness (QED) is 0.680. The van der Waals surface area contributed by atoms with Crippen LogP contribution in [0.1, 0.15) is 30.9 Å². The van der Waals surface area contributed by atoms with Gasteiger partial charge in [-0.05, 0) is 56.5 Å². The second kappa shape index (κ2) is 8.53. The maximum atomic E-state index is 13.2. The van der Waals surface area contributed by atoms with E-state index in [0.29, 0.717) is 24.0 Å². The van der Waals surface area contributed by atoms with Gasteiger partial charge in [-0.2, -0.15) is 0 Å². The molecule has 0 aromatic heterocycles. The molecule has 0 bridgehead atoms. The van der Waals surface area contributed by atoms with Crippen molar-refractivity contribution in [3.63, 3.8) is 0 Å². The fourth-order valence-electron chi connectivity index (χ4n) is 3.31. The second-order valence-corrected chi connectivity index (χ2v) is 10.2. The molecule has 0 saturated heterocycles. The van der Waals surface area contributed by atoms with Crippen LogP contribution in [0.5, 0.6) is 0 Å². The van der Waals surface area contributed by atoms with E-state index in [-0.39, 0.29) is 10.8 Å². The summed E-state index contributed by atoms with van der Waals surface area (Å²) < 4.78 is 26.4. The summed E-state index contributed by atoms with van der Waals surface area (Å²) in [6.45, 7) is 5.85. The molecule has 0 radical (unpaired) electrons. The van der Waals surface area contributed by atoms with Gasteiger partial charge in [-0.25, -0.2) is 8.42 Å². The zero-order valence-corrected chi connectivity index (χ0v) is 18.0. The zero-order chi connectivity index (χ0) is 20.3. The summed E-state index contributed by atoms with van der Waals surface area (Å²) in [7, 11) is -3.68. The summed E-state index contributed by atoms with van der Waals surface area (Å²) >= 11 is 1.67. The van der Waals surface area contributed by atoms with E-state index in [1.807, 2.05) is 20.8 Å². The smallest absolute Gasteiger partial charge is 0.248 e. The molecule has 1 aliphatic heterocycles. The van der Waals surface area contributed by atoms with Gasteiger partial charge < -0.3 is 5.32 Å². The Balaban J connectivity index is 1.82. The molecular formula is C22H25NO3S2. The first-order valence-electron chi connectivity index (χ1n) is 9.35. The van der Waals surface area contributed by atoms with Gasteiger partial charge in [0.1, 0.15) is 0 Å². The molecule has 0 fully saturated rings. The van der Waals surface area contributed by atoms with Gasteiger partial charge in [0.25, 0.3) is 0 Å². The number of thioether (sulfide) groups is 1. The van der Waals surface area contributed by atoms with Crippen LogP contribution in [0.15, 0.2) is 69.5 Å². The number of hydrogen-bond acceptors (Lipinski definition) is 4. The van der Waals surface area contributed by atoms with Crippen LogP contribution in [0.2, 0.25) is 0 Å². The third-order valence-electron chi connectivity index (χ3n) is 4.91. The van der Waals surface area contributed by atoms with Crippen LogP contribution in [0.4, 0.5) is 0 Å². The minimum absolute atomic E-state index is 0.240. The number of carbonyl (C=O) groups is 1. The van der Waals surface area contributed by atoms with Crippen molar-refractivity contribution in [3.05, 3.63) is 70.8 Å². The molecule has 0 saturated carbocycles. The predicted molar refractivity (Wildman–Crippen MR) is 114 cm³/mol. The third kappa shape index (κ3) is 4.33. The van der Waals surface area contributed by atoms with E-state index in [4.69, 9.17) is 0 Å². The number of rotatable bonds is 7. The van der Waals surface area contributed by atoms with Crippen molar-refractivity contribution in [1.82, 2.24) is 5.32 Å². The molecule has 4 nitrogen and oxygen atoms in total. The van der Waals surface area contributed by atoms with Crippen molar-refractivity contribution in [2.24, 2.45) is 0 Å². The van der Waals surface area contributed by atoms with Crippen LogP contribution in [-0.4, -0.2) is 25.5 Å². The maximum Gasteiger partial charge on any atom is 0.248 e. The molecule has 6 heteroatoms. The van der Waals surface area contributed by atoms with Gasteiger partial charge in [-0.15, -0.1) is 11.8 Å². The van der Waals surface area contributed by atoms with Gasteiger partial charge in [0, 0.05) is 16.2 Å². The molecule has 1 N–H and O–H groups in total. The largest absolute Gasteiger partial charge is 0.332 e. The van der Waals surface area contributed by atoms with Crippen molar-refractivity contribution in [2.45, 2.75) is 48.8 Å². The van der Waals surface area contributed by atoms with Crippen LogP contribution < -0.4 is 5.32 Å². The van der Waals surface area contributed by atoms with Gasteiger partial charge in [-0.3, -0.25) is 4.79 Å². The lowest BCUT2D eigenvalue weighted by atomic mass is 10.1. The lowest BCUT2D eigenvalue weighted by Gasteiger charge is -2.17. The van der Waals surface area contributed by atoms with Crippen molar-refractivity contribution in [1.29, 1.82) is 0 Å². The normalized spacial score (nSPS) is 17.1. The summed E-state index contributed by atoms with van der Waals surface area (Å²) in [5.74, 6) is 0.454. The predicted octanol–water partition coefficient (Wildman–Crippen LogP) is 4.42. The van der Waals surface area contributed by atoms with Gasteiger partial charge in [0.15, 0.2) is 5.37 Å². The number of sulfone groups is 1. The first-order chi connectivity index (χ1) is 13.3. The number of hydrogen-bond donors (Lipinski definition) is 1. The van der Waals surface area contributed by atoms with Crippen LogP contribution in [0.3, 0.4) is 0 Å². The first kappa shape index (κ1) is 20.7. The fraction of sp³-hybridized carbons (Fsp3) is 0.318. The van der Waals surface area contributed by atoms with Crippen LogP contribution in [-0.2, 0) is 14.6 Å². The van der Waals surface area contributed by atoms with Gasteiger partial charge in [-0.1, -0.05) is 42.3 Å². The van der Waals surface area contributed by atoms with Crippen molar-refractivity contribution < 1.29 is 13.2 Å². The van der Waals surface area contributed by atoms with E-state index in [1.165, 1.54) is 5.56 Å². The van der Waals surface area contributed by atoms with E-state index >= 15 is 0 Å². The van der Waals surface area contributed by atoms with E-state index < -0.39 is 15.2 Å². The molecule has 1 unspecified atom stereocenters. The minimum atomic E-state index is -3.68. The van der Waals surface area contributed by atoms with Gasteiger partial charge in [0.2, 0.25) is 15.7 Å². The topological polar surface area (TPSA) is 63.2 Å². The molecule has 3 rings (SSSR count). The number of amides is 1. The highest BCUT2D eigenvalue weighted by Crippen LogP contribution is 2.32. The van der Waals surface area contributed by atoms with Crippen molar-refractivity contribution in [3.8, 4) is 0 Å². The Morgan fingerprint density at radius 3 is 2.11 bits per heavy atom. The highest BCUT2D eigenvalue weighted by Gasteiger charge is 2.39. The number of benzene rings is 2. The van der Waals surface area contributed by atoms with E-state index in [2.05, 4.69) is 29.6 Å². The van der Waals surface area contributed by atoms with Gasteiger partial charge >= 0.3 is 0 Å². The summed E-state index contributed by atoms with van der Waals surface area (Å²) in [5.41, 5.74) is 3.50. The Morgan fingerprint density at radius 2 is 1.54 bits per heavy atom. The standard InChI is InChI=1S/C22H25NO3S2/c1-4-19-20(13-14-27-17-9-5-15(2)6-10-17)22(23-21(19)24)28(25,26)18-11-7-16(3)8-12-18/h5-12,22H,4,13-14H2,1-3H3,(H,23,24). The molecular weight excluding hydrogens is 390 g/mol. The average Bonchev–Trinajstić information content (AvgIpc) is 3.00. The third-order valence-corrected chi connectivity index (χ3v) is 7.88. The molecule has 148 valence electrons. The molecule has 1 aliphatic rings.